The summed E-state index contributed by atoms with van der Waals surface area (Å²) < 4.78 is 65.4. The molecule has 0 saturated heterocycles. The summed E-state index contributed by atoms with van der Waals surface area (Å²) in [6.45, 7) is 3.10. The summed E-state index contributed by atoms with van der Waals surface area (Å²) >= 11 is 0. The Kier molecular flexibility index (Phi) is 7.59. The number of rotatable bonds is 6. The fourth-order valence-corrected chi connectivity index (χ4v) is 4.43. The van der Waals surface area contributed by atoms with Crippen LogP contribution in [0.5, 0.6) is 0 Å². The second-order valence-electron chi connectivity index (χ2n) is 7.00. The van der Waals surface area contributed by atoms with Crippen molar-refractivity contribution in [2.75, 3.05) is 11.3 Å². The number of anilines is 1. The van der Waals surface area contributed by atoms with Crippen LogP contribution in [0.4, 0.5) is 18.9 Å². The summed E-state index contributed by atoms with van der Waals surface area (Å²) in [6, 6.07) is 9.33. The van der Waals surface area contributed by atoms with Crippen molar-refractivity contribution in [1.82, 2.24) is 5.32 Å². The molecule has 0 aliphatic heterocycles. The van der Waals surface area contributed by atoms with Gasteiger partial charge in [-0.25, -0.2) is 8.42 Å². The van der Waals surface area contributed by atoms with Gasteiger partial charge in [-0.3, -0.25) is 4.72 Å². The molecule has 0 bridgehead atoms. The normalized spacial score (nSPS) is 16.6. The maximum absolute atomic E-state index is 12.6. The molecule has 29 heavy (non-hydrogen) atoms. The van der Waals surface area contributed by atoms with Gasteiger partial charge in [0.2, 0.25) is 0 Å². The maximum atomic E-state index is 12.6. The minimum Gasteiger partial charge on any atom is -0.314 e. The molecule has 0 saturated carbocycles. The van der Waals surface area contributed by atoms with Crippen molar-refractivity contribution in [2.24, 2.45) is 0 Å². The van der Waals surface area contributed by atoms with E-state index in [1.807, 2.05) is 12.1 Å². The molecule has 1 aliphatic carbocycles. The van der Waals surface area contributed by atoms with Gasteiger partial charge in [-0.2, -0.15) is 13.2 Å². The summed E-state index contributed by atoms with van der Waals surface area (Å²) in [5.41, 5.74) is 1.82. The van der Waals surface area contributed by atoms with E-state index in [1.165, 1.54) is 5.56 Å². The highest BCUT2D eigenvalue weighted by Crippen LogP contribution is 2.30. The topological polar surface area (TPSA) is 58.2 Å². The van der Waals surface area contributed by atoms with E-state index in [4.69, 9.17) is 0 Å². The molecule has 0 radical (unpaired) electrons. The molecule has 0 fully saturated rings. The zero-order chi connectivity index (χ0) is 20.4. The summed E-state index contributed by atoms with van der Waals surface area (Å²) in [4.78, 5) is -0.206. The number of hydrogen-bond acceptors (Lipinski definition) is 3. The summed E-state index contributed by atoms with van der Waals surface area (Å²) in [5.74, 6) is 0. The van der Waals surface area contributed by atoms with Gasteiger partial charge in [-0.1, -0.05) is 13.0 Å². The zero-order valence-electron chi connectivity index (χ0n) is 15.9. The summed E-state index contributed by atoms with van der Waals surface area (Å²) in [5, 5.41) is 3.51. The van der Waals surface area contributed by atoms with Crippen LogP contribution in [0, 0.1) is 0 Å². The van der Waals surface area contributed by atoms with Crippen LogP contribution in [0.15, 0.2) is 47.4 Å². The molecule has 1 atom stereocenters. The van der Waals surface area contributed by atoms with E-state index < -0.39 is 21.8 Å². The molecule has 9 heteroatoms. The third-order valence-corrected chi connectivity index (χ3v) is 6.26. The summed E-state index contributed by atoms with van der Waals surface area (Å²) in [7, 11) is -3.95. The van der Waals surface area contributed by atoms with Gasteiger partial charge in [-0.15, -0.1) is 12.4 Å². The number of nitrogens with one attached hydrogen (secondary N) is 2. The fourth-order valence-electron chi connectivity index (χ4n) is 3.38. The predicted molar refractivity (Wildman–Crippen MR) is 110 cm³/mol. The number of alkyl halides is 3. The molecule has 2 aromatic carbocycles. The number of halogens is 4. The van der Waals surface area contributed by atoms with Crippen LogP contribution in [0.1, 0.15) is 36.5 Å². The minimum absolute atomic E-state index is 0. The number of sulfonamides is 1. The Morgan fingerprint density at radius 1 is 1.07 bits per heavy atom. The zero-order valence-corrected chi connectivity index (χ0v) is 17.6. The fraction of sp³-hybridized carbons (Fsp3) is 0.400. The Morgan fingerprint density at radius 3 is 2.38 bits per heavy atom. The molecule has 3 rings (SSSR count). The molecule has 160 valence electrons. The molecule has 0 unspecified atom stereocenters. The van der Waals surface area contributed by atoms with Crippen molar-refractivity contribution in [3.8, 4) is 0 Å². The van der Waals surface area contributed by atoms with Crippen molar-refractivity contribution in [3.05, 3.63) is 59.2 Å². The van der Waals surface area contributed by atoms with Gasteiger partial charge in [0.1, 0.15) is 0 Å². The molecule has 0 amide bonds. The second-order valence-corrected chi connectivity index (χ2v) is 8.69. The minimum atomic E-state index is -4.50. The van der Waals surface area contributed by atoms with Gasteiger partial charge in [0.15, 0.2) is 0 Å². The van der Waals surface area contributed by atoms with Crippen molar-refractivity contribution >= 4 is 28.1 Å². The lowest BCUT2D eigenvalue weighted by Crippen LogP contribution is -2.35. The van der Waals surface area contributed by atoms with E-state index >= 15 is 0 Å². The van der Waals surface area contributed by atoms with E-state index in [2.05, 4.69) is 17.0 Å². The third-order valence-electron chi connectivity index (χ3n) is 4.86. The highest BCUT2D eigenvalue weighted by molar-refractivity contribution is 7.92. The Bertz CT molecular complexity index is 932. The summed E-state index contributed by atoms with van der Waals surface area (Å²) in [6.07, 6.45) is -0.679. The molecule has 2 aromatic rings. The smallest absolute Gasteiger partial charge is 0.314 e. The molecule has 1 aliphatic rings. The Hall–Kier alpha value is -1.77. The van der Waals surface area contributed by atoms with E-state index in [0.29, 0.717) is 11.7 Å². The first-order valence-corrected chi connectivity index (χ1v) is 10.7. The van der Waals surface area contributed by atoms with Crippen LogP contribution in [0.2, 0.25) is 0 Å². The van der Waals surface area contributed by atoms with Crippen LogP contribution in [-0.2, 0) is 29.0 Å². The van der Waals surface area contributed by atoms with Crippen molar-refractivity contribution in [1.29, 1.82) is 0 Å². The third kappa shape index (κ3) is 5.87. The van der Waals surface area contributed by atoms with Gasteiger partial charge in [0.25, 0.3) is 10.0 Å². The van der Waals surface area contributed by atoms with Crippen LogP contribution in [0.25, 0.3) is 0 Å². The average molecular weight is 449 g/mol. The van der Waals surface area contributed by atoms with Gasteiger partial charge >= 0.3 is 6.18 Å². The average Bonchev–Trinajstić information content (AvgIpc) is 2.65. The van der Waals surface area contributed by atoms with E-state index in [1.54, 1.807) is 6.07 Å². The van der Waals surface area contributed by atoms with Crippen LogP contribution in [-0.4, -0.2) is 21.0 Å². The first kappa shape index (κ1) is 23.5. The van der Waals surface area contributed by atoms with Crippen LogP contribution < -0.4 is 10.0 Å². The monoisotopic (exact) mass is 448 g/mol. The van der Waals surface area contributed by atoms with Gasteiger partial charge < -0.3 is 5.32 Å². The SMILES string of the molecule is CCCN[C@H]1CCc2cc(NS(=O)(=O)c3ccc(C(F)(F)F)cc3)ccc2C1.Cl. The van der Waals surface area contributed by atoms with Gasteiger partial charge in [-0.05, 0) is 79.8 Å². The lowest BCUT2D eigenvalue weighted by Gasteiger charge is -2.26. The van der Waals surface area contributed by atoms with E-state index in [0.717, 1.165) is 62.1 Å². The van der Waals surface area contributed by atoms with Crippen molar-refractivity contribution in [3.63, 3.8) is 0 Å². The number of benzene rings is 2. The second kappa shape index (κ2) is 9.36. The largest absolute Gasteiger partial charge is 0.416 e. The standard InChI is InChI=1S/C20H23F3N2O2S.ClH/c1-2-11-24-17-7-3-15-13-18(8-4-14(15)12-17)25-28(26,27)19-9-5-16(6-10-19)20(21,22)23;/h4-6,8-10,13,17,24-25H,2-3,7,11-12H2,1H3;1H/t17-;/m0./s1. The lowest BCUT2D eigenvalue weighted by molar-refractivity contribution is -0.137. The molecular weight excluding hydrogens is 425 g/mol. The van der Waals surface area contributed by atoms with E-state index in [-0.39, 0.29) is 17.3 Å². The molecule has 0 spiro atoms. The number of aryl methyl sites for hydroxylation is 1. The molecule has 2 N–H and O–H groups in total. The Balaban J connectivity index is 0.00000300. The van der Waals surface area contributed by atoms with Crippen molar-refractivity contribution < 1.29 is 21.6 Å². The number of hydrogen-bond donors (Lipinski definition) is 2. The molecule has 4 nitrogen and oxygen atoms in total. The Morgan fingerprint density at radius 2 is 1.76 bits per heavy atom. The predicted octanol–water partition coefficient (Wildman–Crippen LogP) is 4.78. The van der Waals surface area contributed by atoms with Crippen molar-refractivity contribution in [2.45, 2.75) is 49.7 Å². The highest BCUT2D eigenvalue weighted by Gasteiger charge is 2.30. The van der Waals surface area contributed by atoms with Gasteiger partial charge in [0, 0.05) is 11.7 Å². The van der Waals surface area contributed by atoms with Crippen LogP contribution in [0.3, 0.4) is 0 Å². The number of fused-ring (bicyclic) bond motifs is 1. The first-order valence-electron chi connectivity index (χ1n) is 9.24. The molecule has 0 aromatic heterocycles. The van der Waals surface area contributed by atoms with Gasteiger partial charge in [0.05, 0.1) is 10.5 Å². The Labute approximate surface area is 175 Å². The first-order chi connectivity index (χ1) is 13.2. The van der Waals surface area contributed by atoms with Crippen LogP contribution >= 0.6 is 12.4 Å². The quantitative estimate of drug-likeness (QED) is 0.668. The highest BCUT2D eigenvalue weighted by atomic mass is 35.5. The molecular formula is C20H24ClF3N2O2S. The van der Waals surface area contributed by atoms with E-state index in [9.17, 15) is 21.6 Å². The maximum Gasteiger partial charge on any atom is 0.416 e. The lowest BCUT2D eigenvalue weighted by atomic mass is 9.88. The molecule has 0 heterocycles.